The van der Waals surface area contributed by atoms with Crippen molar-refractivity contribution < 1.29 is 24.9 Å². The van der Waals surface area contributed by atoms with Gasteiger partial charge in [-0.1, -0.05) is 61.7 Å². The number of carboxylic acid groups (broad SMARTS) is 2. The summed E-state index contributed by atoms with van der Waals surface area (Å²) in [5.74, 6) is -3.61. The molecule has 0 heterocycles. The number of hydrogen-bond donors (Lipinski definition) is 3. The Morgan fingerprint density at radius 3 is 2.30 bits per heavy atom. The van der Waals surface area contributed by atoms with Crippen LogP contribution in [-0.4, -0.2) is 32.9 Å². The highest BCUT2D eigenvalue weighted by Gasteiger charge is 2.43. The molecule has 0 fully saturated rings. The van der Waals surface area contributed by atoms with Crippen LogP contribution in [0.2, 0.25) is 0 Å². The second kappa shape index (κ2) is 10.9. The third-order valence-electron chi connectivity index (χ3n) is 4.94. The summed E-state index contributed by atoms with van der Waals surface area (Å²) in [6.07, 6.45) is 6.67. The number of carboxylic acids is 2. The van der Waals surface area contributed by atoms with Crippen molar-refractivity contribution in [3.8, 4) is 0 Å². The molecule has 5 heteroatoms. The Labute approximate surface area is 161 Å². The zero-order chi connectivity index (χ0) is 20.4. The summed E-state index contributed by atoms with van der Waals surface area (Å²) in [7, 11) is 0. The Hall–Kier alpha value is -2.14. The number of allylic oxidation sites excluding steroid dienone is 2. The summed E-state index contributed by atoms with van der Waals surface area (Å²) in [6, 6.07) is 10.4. The molecule has 150 valence electrons. The van der Waals surface area contributed by atoms with Gasteiger partial charge in [0.05, 0.1) is 5.92 Å². The number of carbonyl (C=O) groups is 2. The molecule has 3 atom stereocenters. The van der Waals surface area contributed by atoms with Crippen LogP contribution in [-0.2, 0) is 16.0 Å². The van der Waals surface area contributed by atoms with E-state index in [0.29, 0.717) is 12.3 Å². The average Bonchev–Trinajstić information content (AvgIpc) is 2.57. The van der Waals surface area contributed by atoms with Gasteiger partial charge in [-0.15, -0.1) is 0 Å². The van der Waals surface area contributed by atoms with Gasteiger partial charge < -0.3 is 15.3 Å². The largest absolute Gasteiger partial charge is 0.481 e. The lowest BCUT2D eigenvalue weighted by Crippen LogP contribution is -2.46. The molecule has 0 amide bonds. The van der Waals surface area contributed by atoms with E-state index < -0.39 is 23.5 Å². The molecule has 0 saturated carbocycles. The van der Waals surface area contributed by atoms with E-state index in [1.165, 1.54) is 11.1 Å². The van der Waals surface area contributed by atoms with E-state index in [1.54, 1.807) is 0 Å². The van der Waals surface area contributed by atoms with Crippen molar-refractivity contribution in [3.05, 3.63) is 47.5 Å². The minimum atomic E-state index is -2.24. The van der Waals surface area contributed by atoms with Crippen LogP contribution in [0.15, 0.2) is 42.0 Å². The fraction of sp³-hybridized carbons (Fsp3) is 0.545. The van der Waals surface area contributed by atoms with E-state index in [4.69, 9.17) is 5.11 Å². The SMILES string of the molecule is C/C(=C\C(C)Cc1ccccc1)CCCCCC(C(=O)O)C(C)(O)C(=O)O. The molecule has 0 aromatic heterocycles. The minimum Gasteiger partial charge on any atom is -0.481 e. The Morgan fingerprint density at radius 1 is 1.11 bits per heavy atom. The molecular formula is C22H32O5. The lowest BCUT2D eigenvalue weighted by molar-refractivity contribution is -0.172. The quantitative estimate of drug-likeness (QED) is 0.373. The zero-order valence-corrected chi connectivity index (χ0v) is 16.5. The second-order valence-electron chi connectivity index (χ2n) is 7.62. The second-order valence-corrected chi connectivity index (χ2v) is 7.62. The first-order chi connectivity index (χ1) is 12.6. The molecule has 0 saturated heterocycles. The van der Waals surface area contributed by atoms with Gasteiger partial charge in [0.1, 0.15) is 0 Å². The molecule has 1 rings (SSSR count). The highest BCUT2D eigenvalue weighted by Crippen LogP contribution is 2.25. The summed E-state index contributed by atoms with van der Waals surface area (Å²) in [5.41, 5.74) is 0.388. The van der Waals surface area contributed by atoms with Gasteiger partial charge in [-0.05, 0) is 51.0 Å². The first kappa shape index (κ1) is 22.9. The molecule has 27 heavy (non-hydrogen) atoms. The van der Waals surface area contributed by atoms with Gasteiger partial charge >= 0.3 is 11.9 Å². The van der Waals surface area contributed by atoms with Crippen LogP contribution in [0.25, 0.3) is 0 Å². The fourth-order valence-corrected chi connectivity index (χ4v) is 3.34. The van der Waals surface area contributed by atoms with Gasteiger partial charge in [-0.25, -0.2) is 4.79 Å². The summed E-state index contributed by atoms with van der Waals surface area (Å²) < 4.78 is 0. The number of unbranched alkanes of at least 4 members (excludes halogenated alkanes) is 2. The van der Waals surface area contributed by atoms with Crippen LogP contribution < -0.4 is 0 Å². The number of aliphatic carboxylic acids is 2. The van der Waals surface area contributed by atoms with Gasteiger partial charge in [0.25, 0.3) is 0 Å². The smallest absolute Gasteiger partial charge is 0.336 e. The molecular weight excluding hydrogens is 344 g/mol. The van der Waals surface area contributed by atoms with Crippen molar-refractivity contribution in [3.63, 3.8) is 0 Å². The maximum absolute atomic E-state index is 11.3. The Balaban J connectivity index is 2.37. The summed E-state index contributed by atoms with van der Waals surface area (Å²) in [5, 5.41) is 28.1. The van der Waals surface area contributed by atoms with Crippen molar-refractivity contribution in [2.75, 3.05) is 0 Å². The Morgan fingerprint density at radius 2 is 1.74 bits per heavy atom. The van der Waals surface area contributed by atoms with Crippen molar-refractivity contribution in [2.45, 2.75) is 64.9 Å². The van der Waals surface area contributed by atoms with Gasteiger partial charge in [0.15, 0.2) is 5.60 Å². The van der Waals surface area contributed by atoms with E-state index in [1.807, 2.05) is 18.2 Å². The van der Waals surface area contributed by atoms with E-state index in [2.05, 4.69) is 32.1 Å². The Kier molecular flexibility index (Phi) is 9.22. The maximum atomic E-state index is 11.3. The van der Waals surface area contributed by atoms with Crippen LogP contribution in [0, 0.1) is 11.8 Å². The molecule has 0 radical (unpaired) electrons. The van der Waals surface area contributed by atoms with Crippen molar-refractivity contribution in [1.29, 1.82) is 0 Å². The number of benzene rings is 1. The first-order valence-corrected chi connectivity index (χ1v) is 9.54. The van der Waals surface area contributed by atoms with Crippen LogP contribution in [0.5, 0.6) is 0 Å². The van der Waals surface area contributed by atoms with E-state index in [0.717, 1.165) is 32.6 Å². The standard InChI is InChI=1S/C22H32O5/c1-16(14-17(2)15-18-11-7-5-8-12-18)10-6-4-9-13-19(20(23)24)22(3,27)21(25)26/h5,7-8,11-12,14,17,19,27H,4,6,9-10,13,15H2,1-3H3,(H,23,24)(H,25,26)/b16-14+. The lowest BCUT2D eigenvalue weighted by atomic mass is 9.85. The normalized spacial score (nSPS) is 16.4. The monoisotopic (exact) mass is 376 g/mol. The average molecular weight is 376 g/mol. The van der Waals surface area contributed by atoms with Gasteiger partial charge in [0, 0.05) is 0 Å². The molecule has 1 aromatic rings. The van der Waals surface area contributed by atoms with E-state index in [9.17, 15) is 19.8 Å². The summed E-state index contributed by atoms with van der Waals surface area (Å²) >= 11 is 0. The minimum absolute atomic E-state index is 0.155. The van der Waals surface area contributed by atoms with Crippen molar-refractivity contribution in [1.82, 2.24) is 0 Å². The molecule has 0 bridgehead atoms. The first-order valence-electron chi connectivity index (χ1n) is 9.54. The maximum Gasteiger partial charge on any atom is 0.336 e. The van der Waals surface area contributed by atoms with Gasteiger partial charge in [0.2, 0.25) is 0 Å². The third kappa shape index (κ3) is 7.95. The third-order valence-corrected chi connectivity index (χ3v) is 4.94. The number of hydrogen-bond acceptors (Lipinski definition) is 3. The number of rotatable bonds is 12. The van der Waals surface area contributed by atoms with Crippen LogP contribution in [0.3, 0.4) is 0 Å². The Bertz CT molecular complexity index is 633. The molecule has 5 nitrogen and oxygen atoms in total. The van der Waals surface area contributed by atoms with E-state index >= 15 is 0 Å². The molecule has 0 aliphatic rings. The van der Waals surface area contributed by atoms with Crippen molar-refractivity contribution in [2.24, 2.45) is 11.8 Å². The molecule has 3 N–H and O–H groups in total. The number of aliphatic hydroxyl groups is 1. The topological polar surface area (TPSA) is 94.8 Å². The molecule has 0 spiro atoms. The van der Waals surface area contributed by atoms with Gasteiger partial charge in [-0.3, -0.25) is 4.79 Å². The molecule has 0 aliphatic heterocycles. The molecule has 3 unspecified atom stereocenters. The van der Waals surface area contributed by atoms with E-state index in [-0.39, 0.29) is 6.42 Å². The molecule has 1 aromatic carbocycles. The highest BCUT2D eigenvalue weighted by molar-refractivity contribution is 5.85. The van der Waals surface area contributed by atoms with Crippen LogP contribution in [0.4, 0.5) is 0 Å². The van der Waals surface area contributed by atoms with Gasteiger partial charge in [-0.2, -0.15) is 0 Å². The summed E-state index contributed by atoms with van der Waals surface area (Å²) in [6.45, 7) is 5.35. The predicted molar refractivity (Wildman–Crippen MR) is 106 cm³/mol. The van der Waals surface area contributed by atoms with Crippen LogP contribution in [0.1, 0.15) is 58.4 Å². The van der Waals surface area contributed by atoms with Crippen LogP contribution >= 0.6 is 0 Å². The highest BCUT2D eigenvalue weighted by atomic mass is 16.4. The summed E-state index contributed by atoms with van der Waals surface area (Å²) in [4.78, 5) is 22.3. The zero-order valence-electron chi connectivity index (χ0n) is 16.5. The fourth-order valence-electron chi connectivity index (χ4n) is 3.34. The lowest BCUT2D eigenvalue weighted by Gasteiger charge is -2.25. The molecule has 0 aliphatic carbocycles. The van der Waals surface area contributed by atoms with Crippen molar-refractivity contribution >= 4 is 11.9 Å². The predicted octanol–water partition coefficient (Wildman–Crippen LogP) is 4.30.